The van der Waals surface area contributed by atoms with Crippen LogP contribution in [0.1, 0.15) is 25.8 Å². The Morgan fingerprint density at radius 1 is 1.30 bits per heavy atom. The van der Waals surface area contributed by atoms with Crippen molar-refractivity contribution in [2.24, 2.45) is 10.1 Å². The van der Waals surface area contributed by atoms with Gasteiger partial charge in [-0.05, 0) is 31.0 Å². The van der Waals surface area contributed by atoms with Crippen LogP contribution in [0.5, 0.6) is 0 Å². The van der Waals surface area contributed by atoms with Crippen LogP contribution in [-0.4, -0.2) is 35.7 Å². The van der Waals surface area contributed by atoms with Crippen LogP contribution in [0.2, 0.25) is 5.02 Å². The molecule has 0 atom stereocenters. The normalized spacial score (nSPS) is 15.1. The van der Waals surface area contributed by atoms with Gasteiger partial charge in [0.1, 0.15) is 17.5 Å². The highest BCUT2D eigenvalue weighted by atomic mass is 35.5. The van der Waals surface area contributed by atoms with Crippen LogP contribution in [0, 0.1) is 0 Å². The van der Waals surface area contributed by atoms with Crippen LogP contribution in [-0.2, 0) is 9.53 Å². The molecule has 1 aromatic rings. The standard InChI is InChI=1S/C16H17Cl2N3O2/c1-3-13(16(22)23-4-2)20-21-10-19-14(9-15(21)18)11-5-7-12(17)8-6-11/h5-9H,3-4,10H2,1-2H3/b20-13+. The summed E-state index contributed by atoms with van der Waals surface area (Å²) in [5.74, 6) is -0.438. The average molecular weight is 354 g/mol. The quantitative estimate of drug-likeness (QED) is 0.459. The van der Waals surface area contributed by atoms with Gasteiger partial charge in [-0.25, -0.2) is 9.80 Å². The van der Waals surface area contributed by atoms with Crippen molar-refractivity contribution in [3.8, 4) is 0 Å². The molecule has 0 unspecified atom stereocenters. The van der Waals surface area contributed by atoms with E-state index in [2.05, 4.69) is 10.1 Å². The lowest BCUT2D eigenvalue weighted by Crippen LogP contribution is -2.26. The van der Waals surface area contributed by atoms with Crippen molar-refractivity contribution in [2.45, 2.75) is 20.3 Å². The molecule has 0 aliphatic carbocycles. The fourth-order valence-electron chi connectivity index (χ4n) is 1.93. The van der Waals surface area contributed by atoms with E-state index in [4.69, 9.17) is 27.9 Å². The summed E-state index contributed by atoms with van der Waals surface area (Å²) in [6, 6.07) is 7.33. The summed E-state index contributed by atoms with van der Waals surface area (Å²) in [5.41, 5.74) is 1.97. The second-order valence-electron chi connectivity index (χ2n) is 4.68. The van der Waals surface area contributed by atoms with E-state index in [1.54, 1.807) is 25.1 Å². The van der Waals surface area contributed by atoms with Crippen molar-refractivity contribution in [3.63, 3.8) is 0 Å². The van der Waals surface area contributed by atoms with Crippen LogP contribution in [0.4, 0.5) is 0 Å². The molecule has 5 nitrogen and oxygen atoms in total. The zero-order chi connectivity index (χ0) is 16.8. The number of carbonyl (C=O) groups is 1. The maximum absolute atomic E-state index is 11.8. The van der Waals surface area contributed by atoms with E-state index in [1.807, 2.05) is 19.1 Å². The highest BCUT2D eigenvalue weighted by Crippen LogP contribution is 2.19. The summed E-state index contributed by atoms with van der Waals surface area (Å²) in [6.45, 7) is 4.12. The van der Waals surface area contributed by atoms with E-state index < -0.39 is 5.97 Å². The second kappa shape index (κ2) is 8.13. The average Bonchev–Trinajstić information content (AvgIpc) is 2.54. The smallest absolute Gasteiger partial charge is 0.354 e. The van der Waals surface area contributed by atoms with Gasteiger partial charge in [0.15, 0.2) is 0 Å². The van der Waals surface area contributed by atoms with Gasteiger partial charge in [0.25, 0.3) is 0 Å². The lowest BCUT2D eigenvalue weighted by molar-refractivity contribution is -0.135. The molecule has 0 N–H and O–H groups in total. The number of halogens is 2. The number of rotatable bonds is 5. The van der Waals surface area contributed by atoms with Crippen LogP contribution < -0.4 is 0 Å². The maximum Gasteiger partial charge on any atom is 0.354 e. The Balaban J connectivity index is 2.16. The van der Waals surface area contributed by atoms with Gasteiger partial charge in [0.2, 0.25) is 0 Å². The summed E-state index contributed by atoms with van der Waals surface area (Å²) in [4.78, 5) is 16.2. The number of nitrogens with zero attached hydrogens (tertiary/aromatic N) is 3. The van der Waals surface area contributed by atoms with Gasteiger partial charge in [-0.3, -0.25) is 4.99 Å². The molecule has 1 aliphatic rings. The molecule has 1 heterocycles. The van der Waals surface area contributed by atoms with Crippen molar-refractivity contribution in [3.05, 3.63) is 46.1 Å². The predicted octanol–water partition coefficient (Wildman–Crippen LogP) is 3.81. The molecule has 0 saturated heterocycles. The zero-order valence-corrected chi connectivity index (χ0v) is 14.4. The molecule has 23 heavy (non-hydrogen) atoms. The van der Waals surface area contributed by atoms with Gasteiger partial charge < -0.3 is 4.74 Å². The highest BCUT2D eigenvalue weighted by Gasteiger charge is 2.18. The summed E-state index contributed by atoms with van der Waals surface area (Å²) >= 11 is 12.1. The third-order valence-electron chi connectivity index (χ3n) is 3.10. The minimum absolute atomic E-state index is 0.232. The summed E-state index contributed by atoms with van der Waals surface area (Å²) in [6.07, 6.45) is 2.16. The predicted molar refractivity (Wildman–Crippen MR) is 93.0 cm³/mol. The zero-order valence-electron chi connectivity index (χ0n) is 12.9. The fraction of sp³-hybridized carbons (Fsp3) is 0.312. The third-order valence-corrected chi connectivity index (χ3v) is 3.66. The van der Waals surface area contributed by atoms with E-state index in [0.29, 0.717) is 28.9 Å². The van der Waals surface area contributed by atoms with Crippen molar-refractivity contribution >= 4 is 40.6 Å². The number of carbonyl (C=O) groups excluding carboxylic acids is 1. The molecule has 122 valence electrons. The van der Waals surface area contributed by atoms with Gasteiger partial charge in [-0.1, -0.05) is 42.3 Å². The van der Waals surface area contributed by atoms with Gasteiger partial charge in [0.05, 0.1) is 12.3 Å². The largest absolute Gasteiger partial charge is 0.461 e. The Morgan fingerprint density at radius 2 is 2.00 bits per heavy atom. The first-order chi connectivity index (χ1) is 11.0. The molecule has 0 spiro atoms. The number of ether oxygens (including phenoxy) is 1. The first-order valence-electron chi connectivity index (χ1n) is 7.24. The summed E-state index contributed by atoms with van der Waals surface area (Å²) < 4.78 is 4.97. The van der Waals surface area contributed by atoms with Crippen molar-refractivity contribution in [1.29, 1.82) is 0 Å². The Labute approximate surface area is 145 Å². The summed E-state index contributed by atoms with van der Waals surface area (Å²) in [5, 5.41) is 6.76. The molecule has 1 aliphatic heterocycles. The molecule has 0 aromatic heterocycles. The fourth-order valence-corrected chi connectivity index (χ4v) is 2.25. The van der Waals surface area contributed by atoms with Crippen LogP contribution in [0.25, 0.3) is 0 Å². The molecule has 0 radical (unpaired) electrons. The van der Waals surface area contributed by atoms with Gasteiger partial charge >= 0.3 is 5.97 Å². The van der Waals surface area contributed by atoms with E-state index in [-0.39, 0.29) is 6.67 Å². The number of hydrogen-bond donors (Lipinski definition) is 0. The van der Waals surface area contributed by atoms with E-state index >= 15 is 0 Å². The van der Waals surface area contributed by atoms with Gasteiger partial charge in [-0.2, -0.15) is 5.10 Å². The highest BCUT2D eigenvalue weighted by molar-refractivity contribution is 6.36. The molecule has 0 amide bonds. The van der Waals surface area contributed by atoms with E-state index in [1.165, 1.54) is 5.01 Å². The molecular weight excluding hydrogens is 337 g/mol. The minimum atomic E-state index is -0.438. The van der Waals surface area contributed by atoms with E-state index in [9.17, 15) is 4.79 Å². The number of benzene rings is 1. The first kappa shape index (κ1) is 17.5. The van der Waals surface area contributed by atoms with Gasteiger partial charge in [0, 0.05) is 11.1 Å². The minimum Gasteiger partial charge on any atom is -0.461 e. The number of allylic oxidation sites excluding steroid dienone is 1. The van der Waals surface area contributed by atoms with E-state index in [0.717, 1.165) is 11.3 Å². The second-order valence-corrected chi connectivity index (χ2v) is 5.50. The Bertz CT molecular complexity index is 666. The molecule has 7 heteroatoms. The molecular formula is C16H17Cl2N3O2. The topological polar surface area (TPSA) is 54.3 Å². The van der Waals surface area contributed by atoms with Crippen LogP contribution >= 0.6 is 23.2 Å². The van der Waals surface area contributed by atoms with Crippen LogP contribution in [0.15, 0.2) is 45.6 Å². The van der Waals surface area contributed by atoms with Gasteiger partial charge in [-0.15, -0.1) is 0 Å². The first-order valence-corrected chi connectivity index (χ1v) is 8.00. The monoisotopic (exact) mass is 353 g/mol. The Hall–Kier alpha value is -1.85. The molecule has 0 fully saturated rings. The summed E-state index contributed by atoms with van der Waals surface area (Å²) in [7, 11) is 0. The number of hydrazone groups is 1. The maximum atomic E-state index is 11.8. The molecule has 1 aromatic carbocycles. The number of esters is 1. The lowest BCUT2D eigenvalue weighted by Gasteiger charge is -2.21. The van der Waals surface area contributed by atoms with Crippen molar-refractivity contribution in [1.82, 2.24) is 5.01 Å². The van der Waals surface area contributed by atoms with Crippen molar-refractivity contribution < 1.29 is 9.53 Å². The lowest BCUT2D eigenvalue weighted by atomic mass is 10.1. The van der Waals surface area contributed by atoms with Crippen LogP contribution in [0.3, 0.4) is 0 Å². The third kappa shape index (κ3) is 4.56. The number of hydrogen-bond acceptors (Lipinski definition) is 5. The molecule has 0 saturated carbocycles. The SMILES string of the molecule is CCOC(=O)/C(CC)=N/N1CN=C(c2ccc(Cl)cc2)C=C1Cl. The number of aliphatic imine (C=N–C) groups is 1. The van der Waals surface area contributed by atoms with Crippen molar-refractivity contribution in [2.75, 3.05) is 13.3 Å². The Kier molecular flexibility index (Phi) is 6.19. The molecule has 0 bridgehead atoms. The molecule has 2 rings (SSSR count). The Morgan fingerprint density at radius 3 is 2.57 bits per heavy atom.